The minimum absolute atomic E-state index is 0.00158. The molecule has 188 valence electrons. The Labute approximate surface area is 223 Å². The fourth-order valence-corrected chi connectivity index (χ4v) is 5.83. The van der Waals surface area contributed by atoms with Crippen molar-refractivity contribution in [2.75, 3.05) is 11.5 Å². The third kappa shape index (κ3) is 4.61. The van der Waals surface area contributed by atoms with Gasteiger partial charge in [0.15, 0.2) is 5.13 Å². The zero-order valence-electron chi connectivity index (χ0n) is 20.6. The number of halogens is 1. The standard InChI is InChI=1S/C29H25ClN2O4S/c1-4-13-36-21-11-7-19(8-12-21)26(33)23-25(18-5-9-20(30)10-6-18)32(28(35)27(23)34)29-31-24-17(3)14-16(2)15-22(24)37-29/h5-12,14-15,25,33H,4,13H2,1-3H3. The van der Waals surface area contributed by atoms with Gasteiger partial charge in [-0.1, -0.05) is 48.1 Å². The molecule has 0 aliphatic carbocycles. The number of aliphatic hydroxyl groups is 1. The van der Waals surface area contributed by atoms with Crippen LogP contribution in [0.15, 0.2) is 66.2 Å². The maximum absolute atomic E-state index is 13.5. The summed E-state index contributed by atoms with van der Waals surface area (Å²) in [5.74, 6) is -1.10. The molecule has 0 spiro atoms. The Bertz CT molecular complexity index is 1540. The number of fused-ring (bicyclic) bond motifs is 1. The van der Waals surface area contributed by atoms with Crippen molar-refractivity contribution in [2.45, 2.75) is 33.2 Å². The molecule has 5 rings (SSSR count). The molecule has 1 aliphatic heterocycles. The summed E-state index contributed by atoms with van der Waals surface area (Å²) in [6.45, 7) is 6.57. The Morgan fingerprint density at radius 3 is 2.46 bits per heavy atom. The number of thiazole rings is 1. The summed E-state index contributed by atoms with van der Waals surface area (Å²) in [6.07, 6.45) is 0.872. The van der Waals surface area contributed by atoms with Crippen LogP contribution in [0.25, 0.3) is 16.0 Å². The van der Waals surface area contributed by atoms with Crippen molar-refractivity contribution >= 4 is 55.7 Å². The molecule has 4 aromatic rings. The van der Waals surface area contributed by atoms with Crippen LogP contribution >= 0.6 is 22.9 Å². The SMILES string of the molecule is CCCOc1ccc(C(O)=C2C(=O)C(=O)N(c3nc4c(C)cc(C)cc4s3)C2c2ccc(Cl)cc2)cc1. The molecule has 1 atom stereocenters. The largest absolute Gasteiger partial charge is 0.507 e. The van der Waals surface area contributed by atoms with Crippen molar-refractivity contribution in [2.24, 2.45) is 0 Å². The zero-order chi connectivity index (χ0) is 26.3. The molecule has 2 heterocycles. The summed E-state index contributed by atoms with van der Waals surface area (Å²) in [6, 6.07) is 16.9. The fraction of sp³-hybridized carbons (Fsp3) is 0.207. The van der Waals surface area contributed by atoms with Crippen molar-refractivity contribution in [3.05, 3.63) is 93.5 Å². The Morgan fingerprint density at radius 2 is 1.78 bits per heavy atom. The second-order valence-electron chi connectivity index (χ2n) is 9.02. The van der Waals surface area contributed by atoms with Crippen LogP contribution in [0.2, 0.25) is 5.02 Å². The number of hydrogen-bond donors (Lipinski definition) is 1. The Balaban J connectivity index is 1.66. The molecule has 1 aliphatic rings. The molecule has 1 saturated heterocycles. The average molecular weight is 533 g/mol. The third-order valence-electron chi connectivity index (χ3n) is 6.26. The first-order valence-corrected chi connectivity index (χ1v) is 13.2. The van der Waals surface area contributed by atoms with Gasteiger partial charge in [-0.05, 0) is 79.4 Å². The summed E-state index contributed by atoms with van der Waals surface area (Å²) in [7, 11) is 0. The molecule has 37 heavy (non-hydrogen) atoms. The average Bonchev–Trinajstić information content (AvgIpc) is 3.42. The molecule has 1 fully saturated rings. The van der Waals surface area contributed by atoms with Crippen LogP contribution in [0, 0.1) is 13.8 Å². The number of aromatic nitrogens is 1. The number of rotatable bonds is 6. The van der Waals surface area contributed by atoms with Crippen LogP contribution in [0.3, 0.4) is 0 Å². The summed E-state index contributed by atoms with van der Waals surface area (Å²) in [5, 5.41) is 12.3. The van der Waals surface area contributed by atoms with Crippen LogP contribution in [0.5, 0.6) is 5.75 Å². The van der Waals surface area contributed by atoms with Gasteiger partial charge in [0.1, 0.15) is 11.5 Å². The lowest BCUT2D eigenvalue weighted by Gasteiger charge is -2.23. The van der Waals surface area contributed by atoms with E-state index in [0.717, 1.165) is 27.8 Å². The lowest BCUT2D eigenvalue weighted by Crippen LogP contribution is -2.29. The van der Waals surface area contributed by atoms with E-state index in [1.807, 2.05) is 32.9 Å². The smallest absolute Gasteiger partial charge is 0.301 e. The highest BCUT2D eigenvalue weighted by Crippen LogP contribution is 2.45. The lowest BCUT2D eigenvalue weighted by atomic mass is 9.95. The van der Waals surface area contributed by atoms with Crippen molar-refractivity contribution in [1.29, 1.82) is 0 Å². The number of hydrogen-bond acceptors (Lipinski definition) is 6. The number of nitrogens with zero attached hydrogens (tertiary/aromatic N) is 2. The van der Waals surface area contributed by atoms with Gasteiger partial charge in [0.2, 0.25) is 0 Å². The van der Waals surface area contributed by atoms with Gasteiger partial charge in [-0.3, -0.25) is 14.5 Å². The number of aliphatic hydroxyl groups excluding tert-OH is 1. The first-order valence-electron chi connectivity index (χ1n) is 12.0. The molecule has 1 N–H and O–H groups in total. The highest BCUT2D eigenvalue weighted by molar-refractivity contribution is 7.22. The van der Waals surface area contributed by atoms with Crippen LogP contribution in [0.4, 0.5) is 5.13 Å². The van der Waals surface area contributed by atoms with Crippen molar-refractivity contribution in [3.63, 3.8) is 0 Å². The van der Waals surface area contributed by atoms with Crippen LogP contribution in [0.1, 0.15) is 41.6 Å². The first-order chi connectivity index (χ1) is 17.8. The molecule has 0 saturated carbocycles. The number of ketones is 1. The number of Topliss-reactive ketones (excluding diaryl/α,β-unsaturated/α-hetero) is 1. The predicted molar refractivity (Wildman–Crippen MR) is 148 cm³/mol. The maximum atomic E-state index is 13.5. The van der Waals surface area contributed by atoms with Crippen molar-refractivity contribution in [3.8, 4) is 5.75 Å². The van der Waals surface area contributed by atoms with Crippen LogP contribution < -0.4 is 9.64 Å². The van der Waals surface area contributed by atoms with Gasteiger partial charge in [0, 0.05) is 10.6 Å². The number of carbonyl (C=O) groups excluding carboxylic acids is 2. The second-order valence-corrected chi connectivity index (χ2v) is 10.5. The van der Waals surface area contributed by atoms with Gasteiger partial charge in [0.25, 0.3) is 5.78 Å². The Kier molecular flexibility index (Phi) is 6.75. The molecular weight excluding hydrogens is 508 g/mol. The van der Waals surface area contributed by atoms with E-state index in [-0.39, 0.29) is 11.3 Å². The molecule has 0 radical (unpaired) electrons. The van der Waals surface area contributed by atoms with Gasteiger partial charge < -0.3 is 9.84 Å². The van der Waals surface area contributed by atoms with Gasteiger partial charge in [-0.25, -0.2) is 4.98 Å². The molecular formula is C29H25ClN2O4S. The summed E-state index contributed by atoms with van der Waals surface area (Å²) < 4.78 is 6.55. The minimum atomic E-state index is -0.866. The number of aryl methyl sites for hydroxylation is 2. The van der Waals surface area contributed by atoms with Crippen molar-refractivity contribution < 1.29 is 19.4 Å². The minimum Gasteiger partial charge on any atom is -0.507 e. The van der Waals surface area contributed by atoms with E-state index in [1.54, 1.807) is 48.5 Å². The summed E-state index contributed by atoms with van der Waals surface area (Å²) >= 11 is 7.47. The monoisotopic (exact) mass is 532 g/mol. The van der Waals surface area contributed by atoms with Gasteiger partial charge in [0.05, 0.1) is 28.4 Å². The number of ether oxygens (including phenoxy) is 1. The summed E-state index contributed by atoms with van der Waals surface area (Å²) in [4.78, 5) is 33.0. The van der Waals surface area contributed by atoms with Gasteiger partial charge in [-0.2, -0.15) is 0 Å². The molecule has 1 amide bonds. The second kappa shape index (κ2) is 10.00. The Hall–Kier alpha value is -3.68. The van der Waals surface area contributed by atoms with Gasteiger partial charge in [-0.15, -0.1) is 0 Å². The highest BCUT2D eigenvalue weighted by Gasteiger charge is 2.48. The van der Waals surface area contributed by atoms with Crippen molar-refractivity contribution in [1.82, 2.24) is 4.98 Å². The third-order valence-corrected chi connectivity index (χ3v) is 7.51. The number of carbonyl (C=O) groups is 2. The van der Waals surface area contributed by atoms with Crippen LogP contribution in [-0.4, -0.2) is 28.4 Å². The number of benzene rings is 3. The molecule has 6 nitrogen and oxygen atoms in total. The zero-order valence-corrected chi connectivity index (χ0v) is 22.2. The number of amides is 1. The highest BCUT2D eigenvalue weighted by atomic mass is 35.5. The van der Waals surface area contributed by atoms with E-state index in [1.165, 1.54) is 16.2 Å². The Morgan fingerprint density at radius 1 is 1.08 bits per heavy atom. The van der Waals surface area contributed by atoms with E-state index in [4.69, 9.17) is 21.3 Å². The quantitative estimate of drug-likeness (QED) is 0.164. The van der Waals surface area contributed by atoms with Crippen LogP contribution in [-0.2, 0) is 9.59 Å². The number of anilines is 1. The first kappa shape index (κ1) is 25.0. The van der Waals surface area contributed by atoms with E-state index in [9.17, 15) is 14.7 Å². The molecule has 1 unspecified atom stereocenters. The topological polar surface area (TPSA) is 79.7 Å². The maximum Gasteiger partial charge on any atom is 0.301 e. The normalized spacial score (nSPS) is 17.1. The fourth-order valence-electron chi connectivity index (χ4n) is 4.54. The van der Waals surface area contributed by atoms with Gasteiger partial charge >= 0.3 is 5.91 Å². The van der Waals surface area contributed by atoms with E-state index < -0.39 is 17.7 Å². The molecule has 0 bridgehead atoms. The molecule has 3 aromatic carbocycles. The summed E-state index contributed by atoms with van der Waals surface area (Å²) in [5.41, 5.74) is 3.91. The molecule has 1 aromatic heterocycles. The van der Waals surface area contributed by atoms with E-state index in [0.29, 0.717) is 33.6 Å². The lowest BCUT2D eigenvalue weighted by molar-refractivity contribution is -0.132. The predicted octanol–water partition coefficient (Wildman–Crippen LogP) is 6.98. The molecule has 8 heteroatoms. The van der Waals surface area contributed by atoms with E-state index in [2.05, 4.69) is 0 Å². The van der Waals surface area contributed by atoms with E-state index >= 15 is 0 Å².